The Kier molecular flexibility index (Phi) is 12.4. The number of hydrogen-bond donors (Lipinski definition) is 3. The molecule has 61 heavy (non-hydrogen) atoms. The molecule has 8 rings (SSSR count). The summed E-state index contributed by atoms with van der Waals surface area (Å²) < 4.78 is 29.4. The van der Waals surface area contributed by atoms with Gasteiger partial charge in [-0.2, -0.15) is 4.98 Å². The summed E-state index contributed by atoms with van der Waals surface area (Å²) in [4.78, 5) is 67.8. The summed E-state index contributed by atoms with van der Waals surface area (Å²) >= 11 is 6.48. The molecule has 3 fully saturated rings. The number of nitrogens with zero attached hydrogens (tertiary/aromatic N) is 6. The number of piperazine rings is 1. The molecule has 4 aromatic rings. The molecule has 0 aliphatic carbocycles. The van der Waals surface area contributed by atoms with Crippen LogP contribution in [0.15, 0.2) is 66.9 Å². The Bertz CT molecular complexity index is 2400. The van der Waals surface area contributed by atoms with Crippen LogP contribution >= 0.6 is 19.2 Å². The Morgan fingerprint density at radius 2 is 1.57 bits per heavy atom. The highest BCUT2D eigenvalue weighted by Crippen LogP contribution is 2.47. The van der Waals surface area contributed by atoms with Gasteiger partial charge >= 0.3 is 7.60 Å². The van der Waals surface area contributed by atoms with Gasteiger partial charge in [-0.05, 0) is 74.3 Å². The average molecular weight is 872 g/mol. The van der Waals surface area contributed by atoms with E-state index in [2.05, 4.69) is 40.6 Å². The summed E-state index contributed by atoms with van der Waals surface area (Å²) in [5.74, 6) is -0.797. The Morgan fingerprint density at radius 1 is 0.836 bits per heavy atom. The molecular formula is C42H47ClN9O8P. The van der Waals surface area contributed by atoms with Gasteiger partial charge in [-0.25, -0.2) is 4.98 Å². The van der Waals surface area contributed by atoms with Crippen LogP contribution in [0, 0.1) is 0 Å². The zero-order chi connectivity index (χ0) is 42.8. The molecule has 17 nitrogen and oxygen atoms in total. The van der Waals surface area contributed by atoms with Gasteiger partial charge in [-0.15, -0.1) is 0 Å². The normalized spacial score (nSPS) is 19.2. The van der Waals surface area contributed by atoms with Crippen molar-refractivity contribution in [3.63, 3.8) is 0 Å². The number of ether oxygens (including phenoxy) is 1. The quantitative estimate of drug-likeness (QED) is 0.121. The smallest absolute Gasteiger partial charge is 0.362 e. The van der Waals surface area contributed by atoms with E-state index in [0.29, 0.717) is 52.0 Å². The van der Waals surface area contributed by atoms with Crippen molar-refractivity contribution < 1.29 is 37.5 Å². The van der Waals surface area contributed by atoms with Crippen molar-refractivity contribution in [1.29, 1.82) is 0 Å². The van der Waals surface area contributed by atoms with Gasteiger partial charge in [-0.1, -0.05) is 29.8 Å². The predicted molar refractivity (Wildman–Crippen MR) is 230 cm³/mol. The number of para-hydroxylation sites is 1. The van der Waals surface area contributed by atoms with Crippen molar-refractivity contribution in [1.82, 2.24) is 30.0 Å². The maximum atomic E-state index is 13.3. The molecule has 4 aliphatic heterocycles. The van der Waals surface area contributed by atoms with E-state index < -0.39 is 37.3 Å². The number of fused-ring (bicyclic) bond motifs is 1. The van der Waals surface area contributed by atoms with Gasteiger partial charge in [0.15, 0.2) is 5.82 Å². The number of aromatic nitrogens is 2. The van der Waals surface area contributed by atoms with Crippen LogP contribution in [0.2, 0.25) is 5.02 Å². The second kappa shape index (κ2) is 17.9. The number of rotatable bonds is 13. The van der Waals surface area contributed by atoms with E-state index in [1.807, 2.05) is 24.3 Å². The van der Waals surface area contributed by atoms with E-state index in [1.165, 1.54) is 20.4 Å². The predicted octanol–water partition coefficient (Wildman–Crippen LogP) is 4.92. The molecule has 1 atom stereocenters. The van der Waals surface area contributed by atoms with E-state index >= 15 is 0 Å². The maximum Gasteiger partial charge on any atom is 0.362 e. The second-order valence-corrected chi connectivity index (χ2v) is 17.9. The summed E-state index contributed by atoms with van der Waals surface area (Å²) in [6, 6.07) is 17.7. The number of hydrogen-bond acceptors (Lipinski definition) is 15. The largest absolute Gasteiger partial charge is 0.494 e. The van der Waals surface area contributed by atoms with Gasteiger partial charge in [0.25, 0.3) is 11.8 Å². The van der Waals surface area contributed by atoms with Crippen LogP contribution < -0.4 is 30.9 Å². The summed E-state index contributed by atoms with van der Waals surface area (Å²) in [6.07, 6.45) is 3.74. The molecule has 4 aliphatic rings. The highest BCUT2D eigenvalue weighted by molar-refractivity contribution is 7.62. The first-order valence-corrected chi connectivity index (χ1v) is 22.0. The molecule has 5 heterocycles. The highest BCUT2D eigenvalue weighted by Gasteiger charge is 2.44. The van der Waals surface area contributed by atoms with E-state index in [-0.39, 0.29) is 23.8 Å². The first kappa shape index (κ1) is 42.3. The molecule has 1 aromatic heterocycles. The minimum Gasteiger partial charge on any atom is -0.494 e. The van der Waals surface area contributed by atoms with Gasteiger partial charge in [-0.3, -0.25) is 43.8 Å². The Hall–Kier alpha value is -5.42. The molecule has 0 radical (unpaired) electrons. The van der Waals surface area contributed by atoms with Crippen molar-refractivity contribution in [2.24, 2.45) is 0 Å². The Balaban J connectivity index is 0.837. The number of halogens is 1. The number of nitrogens with one attached hydrogen (secondary N) is 3. The maximum absolute atomic E-state index is 13.3. The summed E-state index contributed by atoms with van der Waals surface area (Å²) in [5.41, 5.74) is 3.72. The van der Waals surface area contributed by atoms with E-state index in [4.69, 9.17) is 25.4 Å². The zero-order valence-corrected chi connectivity index (χ0v) is 35.7. The average Bonchev–Trinajstić information content (AvgIpc) is 3.52. The summed E-state index contributed by atoms with van der Waals surface area (Å²) in [5, 5.41) is 9.22. The molecular weight excluding hydrogens is 825 g/mol. The fourth-order valence-corrected chi connectivity index (χ4v) is 9.87. The third-order valence-corrected chi connectivity index (χ3v) is 14.0. The van der Waals surface area contributed by atoms with Crippen LogP contribution in [-0.2, 0) is 29.7 Å². The van der Waals surface area contributed by atoms with Gasteiger partial charge < -0.3 is 29.3 Å². The number of methoxy groups -OCH3 is 1. The SMILES string of the molecule is COc1cc(N2CCN(C3CCN(Cc4ccc5c(c4)C(=O)N(C4CCC(=O)NC4=O)C5=O)CC3)CC2)ccc1Nc1ncc(Cl)c(Nc2ccccc2P(=O)(OC)OC)n1. The van der Waals surface area contributed by atoms with Crippen LogP contribution in [-0.4, -0.2) is 121 Å². The fraction of sp³-hybridized carbons (Fsp3) is 0.381. The van der Waals surface area contributed by atoms with Gasteiger partial charge in [0.05, 0.1) is 41.1 Å². The second-order valence-electron chi connectivity index (χ2n) is 15.3. The lowest BCUT2D eigenvalue weighted by molar-refractivity contribution is -0.136. The lowest BCUT2D eigenvalue weighted by atomic mass is 10.0. The standard InChI is InChI=1S/C42H47ClN9O8P/c1-58-35-23-28(9-11-32(35)46-42-44-24-31(43)38(48-42)45-33-6-4-5-7-36(33)61(57,59-2)60-3)51-20-18-50(19-21-51)27-14-16-49(17-15-27)25-26-8-10-29-30(22-26)41(56)52(40(29)55)34-12-13-37(53)47-39(34)54/h4-11,22-24,27,34H,12-21,25H2,1-3H3,(H,47,53,54)(H2,44,45,46,48). The lowest BCUT2D eigenvalue weighted by Crippen LogP contribution is -2.54. The fourth-order valence-electron chi connectivity index (χ4n) is 8.49. The molecule has 0 saturated carbocycles. The molecule has 3 aromatic carbocycles. The number of likely N-dealkylation sites (tertiary alicyclic amines) is 1. The molecule has 3 saturated heterocycles. The Labute approximate surface area is 358 Å². The number of piperidine rings is 2. The summed E-state index contributed by atoms with van der Waals surface area (Å²) in [6.45, 7) is 6.07. The number of carbonyl (C=O) groups is 4. The molecule has 0 spiro atoms. The van der Waals surface area contributed by atoms with E-state index in [0.717, 1.165) is 68.3 Å². The molecule has 4 amide bonds. The van der Waals surface area contributed by atoms with Crippen LogP contribution in [0.5, 0.6) is 5.75 Å². The van der Waals surface area contributed by atoms with Crippen LogP contribution in [0.1, 0.15) is 52.0 Å². The number of benzene rings is 3. The zero-order valence-electron chi connectivity index (χ0n) is 34.1. The third-order valence-electron chi connectivity index (χ3n) is 11.8. The lowest BCUT2D eigenvalue weighted by Gasteiger charge is -2.43. The van der Waals surface area contributed by atoms with Crippen molar-refractivity contribution >= 4 is 77.0 Å². The van der Waals surface area contributed by atoms with Crippen LogP contribution in [0.25, 0.3) is 0 Å². The molecule has 320 valence electrons. The van der Waals surface area contributed by atoms with Gasteiger partial charge in [0.1, 0.15) is 16.8 Å². The van der Waals surface area contributed by atoms with Crippen molar-refractivity contribution in [3.05, 3.63) is 88.6 Å². The number of amides is 4. The van der Waals surface area contributed by atoms with E-state index in [1.54, 1.807) is 43.5 Å². The topological polar surface area (TPSA) is 188 Å². The number of anilines is 5. The first-order valence-electron chi connectivity index (χ1n) is 20.1. The van der Waals surface area contributed by atoms with Gasteiger partial charge in [0, 0.05) is 71.2 Å². The first-order chi connectivity index (χ1) is 29.5. The van der Waals surface area contributed by atoms with Crippen molar-refractivity contribution in [2.75, 3.05) is 76.1 Å². The van der Waals surface area contributed by atoms with Crippen LogP contribution in [0.3, 0.4) is 0 Å². The molecule has 0 bridgehead atoms. The number of imide groups is 2. The molecule has 1 unspecified atom stereocenters. The minimum atomic E-state index is -3.57. The Morgan fingerprint density at radius 3 is 2.30 bits per heavy atom. The van der Waals surface area contributed by atoms with E-state index in [9.17, 15) is 23.7 Å². The molecule has 19 heteroatoms. The third kappa shape index (κ3) is 8.72. The number of carbonyl (C=O) groups excluding carboxylic acids is 4. The van der Waals surface area contributed by atoms with Crippen molar-refractivity contribution in [2.45, 2.75) is 44.3 Å². The summed E-state index contributed by atoms with van der Waals surface area (Å²) in [7, 11) is 0.699. The van der Waals surface area contributed by atoms with Crippen LogP contribution in [0.4, 0.5) is 28.8 Å². The van der Waals surface area contributed by atoms with Gasteiger partial charge in [0.2, 0.25) is 17.8 Å². The highest BCUT2D eigenvalue weighted by atomic mass is 35.5. The van der Waals surface area contributed by atoms with Crippen molar-refractivity contribution in [3.8, 4) is 5.75 Å². The monoisotopic (exact) mass is 871 g/mol. The molecule has 3 N–H and O–H groups in total. The minimum absolute atomic E-state index is 0.0872.